The largest absolute Gasteiger partial charge is 0.440 e. The highest BCUT2D eigenvalue weighted by Crippen LogP contribution is 2.27. The van der Waals surface area contributed by atoms with Gasteiger partial charge < -0.3 is 15.1 Å². The molecule has 2 N–H and O–H groups in total. The Morgan fingerprint density at radius 1 is 1.11 bits per heavy atom. The van der Waals surface area contributed by atoms with Crippen molar-refractivity contribution < 1.29 is 14.0 Å². The van der Waals surface area contributed by atoms with Crippen LogP contribution >= 0.6 is 0 Å². The Labute approximate surface area is 164 Å². The highest BCUT2D eigenvalue weighted by Gasteiger charge is 2.21. The molecule has 3 aromatic rings. The van der Waals surface area contributed by atoms with E-state index in [1.54, 1.807) is 49.4 Å². The number of hydrogen-bond acceptors (Lipinski definition) is 4. The lowest BCUT2D eigenvalue weighted by Crippen LogP contribution is -2.35. The van der Waals surface area contributed by atoms with Crippen LogP contribution in [0.1, 0.15) is 50.4 Å². The minimum absolute atomic E-state index is 0.169. The predicted octanol–water partition coefficient (Wildman–Crippen LogP) is 4.27. The second kappa shape index (κ2) is 7.84. The summed E-state index contributed by atoms with van der Waals surface area (Å²) >= 11 is 0. The van der Waals surface area contributed by atoms with E-state index in [2.05, 4.69) is 15.6 Å². The summed E-state index contributed by atoms with van der Waals surface area (Å²) in [6, 6.07) is 14.0. The summed E-state index contributed by atoms with van der Waals surface area (Å²) < 4.78 is 5.77. The van der Waals surface area contributed by atoms with Crippen LogP contribution in [0.2, 0.25) is 0 Å². The first-order chi connectivity index (χ1) is 13.2. The van der Waals surface area contributed by atoms with Crippen LogP contribution in [-0.4, -0.2) is 22.8 Å². The molecule has 146 valence electrons. The van der Waals surface area contributed by atoms with Crippen molar-refractivity contribution in [3.63, 3.8) is 0 Å². The molecule has 0 spiro atoms. The zero-order valence-corrected chi connectivity index (χ0v) is 16.6. The highest BCUT2D eigenvalue weighted by atomic mass is 16.3. The van der Waals surface area contributed by atoms with Crippen molar-refractivity contribution in [3.8, 4) is 0 Å². The molecule has 0 aliphatic rings. The molecule has 28 heavy (non-hydrogen) atoms. The lowest BCUT2D eigenvalue weighted by atomic mass is 9.97. The number of aromatic nitrogens is 1. The number of benzene rings is 2. The van der Waals surface area contributed by atoms with E-state index in [0.29, 0.717) is 28.2 Å². The van der Waals surface area contributed by atoms with E-state index in [1.165, 1.54) is 0 Å². The molecule has 1 unspecified atom stereocenters. The molecule has 3 rings (SSSR count). The van der Waals surface area contributed by atoms with E-state index >= 15 is 0 Å². The van der Waals surface area contributed by atoms with Crippen LogP contribution in [0.4, 0.5) is 5.69 Å². The molecule has 6 nitrogen and oxygen atoms in total. The van der Waals surface area contributed by atoms with Crippen LogP contribution in [0.25, 0.3) is 11.1 Å². The summed E-state index contributed by atoms with van der Waals surface area (Å²) in [4.78, 5) is 29.0. The maximum absolute atomic E-state index is 12.3. The number of carbonyl (C=O) groups is 2. The fourth-order valence-corrected chi connectivity index (χ4v) is 2.76. The van der Waals surface area contributed by atoms with Crippen molar-refractivity contribution in [1.82, 2.24) is 10.3 Å². The van der Waals surface area contributed by atoms with Crippen LogP contribution in [0, 0.1) is 0 Å². The van der Waals surface area contributed by atoms with Crippen LogP contribution in [0.3, 0.4) is 0 Å². The van der Waals surface area contributed by atoms with E-state index < -0.39 is 0 Å². The van der Waals surface area contributed by atoms with Gasteiger partial charge in [0.25, 0.3) is 5.91 Å². The second-order valence-corrected chi connectivity index (χ2v) is 7.94. The zero-order valence-electron chi connectivity index (χ0n) is 16.6. The molecule has 0 saturated carbocycles. The highest BCUT2D eigenvalue weighted by molar-refractivity contribution is 5.96. The Hall–Kier alpha value is -3.15. The maximum Gasteiger partial charge on any atom is 0.251 e. The topological polar surface area (TPSA) is 84.2 Å². The van der Waals surface area contributed by atoms with Gasteiger partial charge >= 0.3 is 0 Å². The third kappa shape index (κ3) is 4.76. The number of nitrogens with one attached hydrogen (secondary N) is 2. The first-order valence-corrected chi connectivity index (χ1v) is 9.29. The second-order valence-electron chi connectivity index (χ2n) is 7.94. The third-order valence-electron chi connectivity index (χ3n) is 4.22. The minimum Gasteiger partial charge on any atom is -0.440 e. The Balaban J connectivity index is 1.60. The summed E-state index contributed by atoms with van der Waals surface area (Å²) in [5, 5.41) is 5.69. The van der Waals surface area contributed by atoms with Crippen molar-refractivity contribution in [3.05, 3.63) is 60.0 Å². The number of fused-ring (bicyclic) bond motifs is 1. The molecule has 0 radical (unpaired) electrons. The molecular formula is C22H25N3O3. The smallest absolute Gasteiger partial charge is 0.251 e. The van der Waals surface area contributed by atoms with E-state index in [9.17, 15) is 9.59 Å². The minimum atomic E-state index is -0.295. The quantitative estimate of drug-likeness (QED) is 0.693. The molecule has 1 heterocycles. The molecule has 1 atom stereocenters. The Morgan fingerprint density at radius 3 is 2.50 bits per heavy atom. The van der Waals surface area contributed by atoms with Gasteiger partial charge in [-0.15, -0.1) is 0 Å². The molecule has 0 saturated heterocycles. The van der Waals surface area contributed by atoms with E-state index in [4.69, 9.17) is 4.42 Å². The van der Waals surface area contributed by atoms with E-state index in [-0.39, 0.29) is 29.7 Å². The first-order valence-electron chi connectivity index (χ1n) is 9.29. The lowest BCUT2D eigenvalue weighted by molar-refractivity contribution is -0.116. The van der Waals surface area contributed by atoms with Crippen LogP contribution < -0.4 is 10.6 Å². The zero-order chi connectivity index (χ0) is 20.3. The van der Waals surface area contributed by atoms with Gasteiger partial charge in [0.1, 0.15) is 5.52 Å². The van der Waals surface area contributed by atoms with Gasteiger partial charge in [-0.05, 0) is 37.3 Å². The summed E-state index contributed by atoms with van der Waals surface area (Å²) in [5.41, 5.74) is 2.42. The molecule has 2 amide bonds. The van der Waals surface area contributed by atoms with Gasteiger partial charge in [-0.1, -0.05) is 39.0 Å². The van der Waals surface area contributed by atoms with Gasteiger partial charge in [0.2, 0.25) is 11.8 Å². The summed E-state index contributed by atoms with van der Waals surface area (Å²) in [5.74, 6) is 0.280. The Bertz CT molecular complexity index is 987. The number of nitrogens with zero attached hydrogens (tertiary/aromatic N) is 1. The van der Waals surface area contributed by atoms with Crippen molar-refractivity contribution in [2.24, 2.45) is 0 Å². The number of carbonyl (C=O) groups excluding carboxylic acids is 2. The SMILES string of the molecule is CC(CC(=O)Nc1ccc2oc(C(C)(C)C)nc2c1)NC(=O)c1ccccc1. The third-order valence-corrected chi connectivity index (χ3v) is 4.22. The number of hydrogen-bond donors (Lipinski definition) is 2. The standard InChI is InChI=1S/C22H25N3O3/c1-14(23-20(27)15-8-6-5-7-9-15)12-19(26)24-16-10-11-18-17(13-16)25-21(28-18)22(2,3)4/h5-11,13-14H,12H2,1-4H3,(H,23,27)(H,24,26). The number of oxazole rings is 1. The summed E-state index contributed by atoms with van der Waals surface area (Å²) in [6.45, 7) is 7.90. The monoisotopic (exact) mass is 379 g/mol. The van der Waals surface area contributed by atoms with Gasteiger partial charge in [-0.25, -0.2) is 4.98 Å². The number of rotatable bonds is 5. The molecule has 0 bridgehead atoms. The Morgan fingerprint density at radius 2 is 1.82 bits per heavy atom. The van der Waals surface area contributed by atoms with Crippen molar-refractivity contribution in [1.29, 1.82) is 0 Å². The molecule has 1 aromatic heterocycles. The fraction of sp³-hybridized carbons (Fsp3) is 0.318. The fourth-order valence-electron chi connectivity index (χ4n) is 2.76. The molecule has 6 heteroatoms. The van der Waals surface area contributed by atoms with E-state index in [0.717, 1.165) is 0 Å². The average molecular weight is 379 g/mol. The Kier molecular flexibility index (Phi) is 5.49. The van der Waals surface area contributed by atoms with Crippen LogP contribution in [0.5, 0.6) is 0 Å². The molecule has 0 aliphatic carbocycles. The van der Waals surface area contributed by atoms with Gasteiger partial charge in [0.05, 0.1) is 0 Å². The van der Waals surface area contributed by atoms with Crippen molar-refractivity contribution >= 4 is 28.6 Å². The van der Waals surface area contributed by atoms with Crippen molar-refractivity contribution in [2.45, 2.75) is 45.6 Å². The number of amides is 2. The average Bonchev–Trinajstić information content (AvgIpc) is 3.06. The van der Waals surface area contributed by atoms with Gasteiger partial charge in [-0.2, -0.15) is 0 Å². The molecule has 0 fully saturated rings. The van der Waals surface area contributed by atoms with Gasteiger partial charge in [0, 0.05) is 29.1 Å². The molecule has 0 aliphatic heterocycles. The van der Waals surface area contributed by atoms with Gasteiger partial charge in [0.15, 0.2) is 5.58 Å². The lowest BCUT2D eigenvalue weighted by Gasteiger charge is -2.14. The van der Waals surface area contributed by atoms with Crippen LogP contribution in [-0.2, 0) is 10.2 Å². The normalized spacial score (nSPS) is 12.6. The maximum atomic E-state index is 12.3. The van der Waals surface area contributed by atoms with Crippen LogP contribution in [0.15, 0.2) is 52.9 Å². The van der Waals surface area contributed by atoms with Crippen molar-refractivity contribution in [2.75, 3.05) is 5.32 Å². The predicted molar refractivity (Wildman–Crippen MR) is 109 cm³/mol. The van der Waals surface area contributed by atoms with Gasteiger partial charge in [-0.3, -0.25) is 9.59 Å². The molecule has 2 aromatic carbocycles. The summed E-state index contributed by atoms with van der Waals surface area (Å²) in [7, 11) is 0. The molecular weight excluding hydrogens is 354 g/mol. The van der Waals surface area contributed by atoms with E-state index in [1.807, 2.05) is 26.8 Å². The first kappa shape index (κ1) is 19.6. The summed E-state index contributed by atoms with van der Waals surface area (Å²) in [6.07, 6.45) is 0.169. The number of anilines is 1.